The molecule has 2 amide bonds. The van der Waals surface area contributed by atoms with Gasteiger partial charge in [0.05, 0.1) is 11.4 Å². The van der Waals surface area contributed by atoms with Crippen LogP contribution in [0.25, 0.3) is 11.1 Å². The van der Waals surface area contributed by atoms with Gasteiger partial charge in [-0.05, 0) is 55.9 Å². The minimum Gasteiger partial charge on any atom is -0.359 e. The molecule has 11 heteroatoms. The number of hydrogen-bond acceptors (Lipinski definition) is 7. The first kappa shape index (κ1) is 34.3. The molecular formula is C36H47N5O5S. The van der Waals surface area contributed by atoms with E-state index in [1.807, 2.05) is 43.9 Å². The number of sulfonamides is 1. The van der Waals surface area contributed by atoms with Crippen LogP contribution in [0.5, 0.6) is 0 Å². The normalized spacial score (nSPS) is 16.2. The van der Waals surface area contributed by atoms with Crippen molar-refractivity contribution in [3.8, 4) is 11.1 Å². The number of nitrogens with zero attached hydrogens (tertiary/aromatic N) is 4. The van der Waals surface area contributed by atoms with Crippen molar-refractivity contribution >= 4 is 33.5 Å². The number of amides is 2. The Morgan fingerprint density at radius 2 is 1.79 bits per heavy atom. The van der Waals surface area contributed by atoms with E-state index < -0.39 is 21.0 Å². The van der Waals surface area contributed by atoms with Gasteiger partial charge in [-0.25, -0.2) is 8.42 Å². The average Bonchev–Trinajstić information content (AvgIpc) is 3.70. The number of unbranched alkanes of at least 4 members (excludes halogenated alkanes) is 1. The summed E-state index contributed by atoms with van der Waals surface area (Å²) in [6.45, 7) is 11.8. The number of benzene rings is 2. The Labute approximate surface area is 278 Å². The number of anilines is 1. The molecule has 0 radical (unpaired) electrons. The maximum Gasteiger partial charge on any atom is 0.263 e. The fourth-order valence-corrected chi connectivity index (χ4v) is 7.82. The van der Waals surface area contributed by atoms with E-state index in [1.165, 1.54) is 0 Å². The number of aromatic nitrogens is 1. The third-order valence-electron chi connectivity index (χ3n) is 9.24. The van der Waals surface area contributed by atoms with Crippen molar-refractivity contribution in [3.05, 3.63) is 64.9 Å². The molecule has 0 unspecified atom stereocenters. The van der Waals surface area contributed by atoms with E-state index in [2.05, 4.69) is 16.8 Å². The minimum absolute atomic E-state index is 0.0415. The Kier molecular flexibility index (Phi) is 9.69. The lowest BCUT2D eigenvalue weighted by Gasteiger charge is -2.28. The van der Waals surface area contributed by atoms with E-state index in [1.54, 1.807) is 50.1 Å². The van der Waals surface area contributed by atoms with Crippen LogP contribution < -0.4 is 4.72 Å². The second-order valence-electron chi connectivity index (χ2n) is 14.0. The summed E-state index contributed by atoms with van der Waals surface area (Å²) in [5.41, 5.74) is 2.20. The summed E-state index contributed by atoms with van der Waals surface area (Å²) in [6, 6.07) is 12.6. The van der Waals surface area contributed by atoms with Crippen LogP contribution in [0.1, 0.15) is 95.1 Å². The highest BCUT2D eigenvalue weighted by molar-refractivity contribution is 7.92. The van der Waals surface area contributed by atoms with E-state index in [0.717, 1.165) is 61.9 Å². The lowest BCUT2D eigenvalue weighted by Crippen LogP contribution is -2.40. The van der Waals surface area contributed by atoms with Crippen LogP contribution >= 0.6 is 0 Å². The van der Waals surface area contributed by atoms with E-state index in [4.69, 9.17) is 9.52 Å². The van der Waals surface area contributed by atoms with E-state index in [9.17, 15) is 18.0 Å². The molecule has 47 heavy (non-hydrogen) atoms. The van der Waals surface area contributed by atoms with Crippen LogP contribution in [0.15, 0.2) is 56.9 Å². The molecule has 1 spiro atoms. The highest BCUT2D eigenvalue weighted by Gasteiger charge is 2.49. The van der Waals surface area contributed by atoms with E-state index in [-0.39, 0.29) is 29.1 Å². The number of rotatable bonds is 11. The van der Waals surface area contributed by atoms with Gasteiger partial charge in [0.1, 0.15) is 17.1 Å². The maximum absolute atomic E-state index is 13.9. The van der Waals surface area contributed by atoms with Gasteiger partial charge in [-0.1, -0.05) is 88.5 Å². The van der Waals surface area contributed by atoms with Crippen LogP contribution in [0.4, 0.5) is 5.82 Å². The standard InChI is InChI=1S/C36H47N5O5S/c1-8-9-16-31-37-36(19-12-13-20-36)34(43)41(31)22-26-17-18-28(27(21-26)23-40(7)33(42)35(4,5)6)29-14-10-11-15-30(29)47(44,45)39-32-24(2)25(3)46-38-32/h10-11,14-15,17-18,21H,8-9,12-13,16,19-20,22-23H2,1-7H3,(H,38,39). The molecule has 3 aromatic rings. The molecule has 252 valence electrons. The number of aliphatic imine (C=N–C) groups is 1. The lowest BCUT2D eigenvalue weighted by atomic mass is 9.93. The molecule has 1 saturated carbocycles. The number of amidine groups is 1. The third kappa shape index (κ3) is 7.00. The second-order valence-corrected chi connectivity index (χ2v) is 15.6. The van der Waals surface area contributed by atoms with Crippen LogP contribution in [0.3, 0.4) is 0 Å². The third-order valence-corrected chi connectivity index (χ3v) is 10.6. The average molecular weight is 662 g/mol. The van der Waals surface area contributed by atoms with Gasteiger partial charge in [0.25, 0.3) is 15.9 Å². The van der Waals surface area contributed by atoms with Crippen molar-refractivity contribution in [1.29, 1.82) is 0 Å². The molecule has 0 atom stereocenters. The summed E-state index contributed by atoms with van der Waals surface area (Å²) in [6.07, 6.45) is 6.29. The van der Waals surface area contributed by atoms with E-state index in [0.29, 0.717) is 29.0 Å². The molecule has 5 rings (SSSR count). The van der Waals surface area contributed by atoms with Crippen molar-refractivity contribution in [1.82, 2.24) is 15.0 Å². The largest absolute Gasteiger partial charge is 0.359 e. The Bertz CT molecular complexity index is 1800. The Morgan fingerprint density at radius 1 is 1.09 bits per heavy atom. The monoisotopic (exact) mass is 661 g/mol. The molecule has 2 aliphatic rings. The Balaban J connectivity index is 1.55. The van der Waals surface area contributed by atoms with Gasteiger partial charge in [0.2, 0.25) is 5.91 Å². The zero-order valence-corrected chi connectivity index (χ0v) is 29.5. The predicted molar refractivity (Wildman–Crippen MR) is 183 cm³/mol. The van der Waals surface area contributed by atoms with Gasteiger partial charge in [-0.3, -0.25) is 24.2 Å². The van der Waals surface area contributed by atoms with E-state index >= 15 is 0 Å². The topological polar surface area (TPSA) is 125 Å². The molecule has 1 aromatic heterocycles. The first-order valence-electron chi connectivity index (χ1n) is 16.5. The molecule has 1 aliphatic heterocycles. The highest BCUT2D eigenvalue weighted by atomic mass is 32.2. The van der Waals surface area contributed by atoms with Crippen molar-refractivity contribution in [3.63, 3.8) is 0 Å². The molecule has 0 bridgehead atoms. The summed E-state index contributed by atoms with van der Waals surface area (Å²) in [5.74, 6) is 1.55. The zero-order chi connectivity index (χ0) is 34.1. The first-order valence-corrected chi connectivity index (χ1v) is 18.0. The molecule has 0 saturated heterocycles. The van der Waals surface area contributed by atoms with Gasteiger partial charge in [0, 0.05) is 36.6 Å². The summed E-state index contributed by atoms with van der Waals surface area (Å²) < 4.78 is 35.4. The molecule has 10 nitrogen and oxygen atoms in total. The van der Waals surface area contributed by atoms with Gasteiger partial charge in [-0.15, -0.1) is 0 Å². The summed E-state index contributed by atoms with van der Waals surface area (Å²) in [5, 5.41) is 3.89. The maximum atomic E-state index is 13.9. The predicted octanol–water partition coefficient (Wildman–Crippen LogP) is 7.01. The van der Waals surface area contributed by atoms with Crippen molar-refractivity contribution < 1.29 is 22.5 Å². The molecule has 2 aromatic carbocycles. The minimum atomic E-state index is -4.07. The van der Waals surface area contributed by atoms with Gasteiger partial charge in [0.15, 0.2) is 5.82 Å². The number of hydrogen-bond donors (Lipinski definition) is 1. The Hall–Kier alpha value is -3.99. The zero-order valence-electron chi connectivity index (χ0n) is 28.6. The number of carbonyl (C=O) groups excluding carboxylic acids is 2. The quantitative estimate of drug-likeness (QED) is 0.236. The molecule has 1 N–H and O–H groups in total. The van der Waals surface area contributed by atoms with Crippen molar-refractivity contribution in [2.45, 2.75) is 110 Å². The first-order chi connectivity index (χ1) is 22.2. The van der Waals surface area contributed by atoms with Crippen LogP contribution in [0, 0.1) is 19.3 Å². The van der Waals surface area contributed by atoms with Crippen LogP contribution in [0.2, 0.25) is 0 Å². The fourth-order valence-electron chi connectivity index (χ4n) is 6.54. The van der Waals surface area contributed by atoms with Crippen molar-refractivity contribution in [2.24, 2.45) is 10.4 Å². The summed E-state index contributed by atoms with van der Waals surface area (Å²) in [4.78, 5) is 35.8. The molecular weight excluding hydrogens is 614 g/mol. The number of nitrogens with one attached hydrogen (secondary N) is 1. The molecule has 1 fully saturated rings. The number of carbonyl (C=O) groups is 2. The second kappa shape index (κ2) is 13.3. The van der Waals surface area contributed by atoms with Crippen molar-refractivity contribution in [2.75, 3.05) is 11.8 Å². The number of aryl methyl sites for hydroxylation is 1. The van der Waals surface area contributed by atoms with Crippen LogP contribution in [-0.2, 0) is 32.7 Å². The highest BCUT2D eigenvalue weighted by Crippen LogP contribution is 2.40. The molecule has 2 heterocycles. The Morgan fingerprint density at radius 3 is 2.43 bits per heavy atom. The summed E-state index contributed by atoms with van der Waals surface area (Å²) in [7, 11) is -2.32. The lowest BCUT2D eigenvalue weighted by molar-refractivity contribution is -0.138. The van der Waals surface area contributed by atoms with Gasteiger partial charge in [-0.2, -0.15) is 0 Å². The summed E-state index contributed by atoms with van der Waals surface area (Å²) >= 11 is 0. The van der Waals surface area contributed by atoms with Crippen LogP contribution in [-0.4, -0.2) is 53.6 Å². The smallest absolute Gasteiger partial charge is 0.263 e. The fraction of sp³-hybridized carbons (Fsp3) is 0.500. The molecule has 1 aliphatic carbocycles. The van der Waals surface area contributed by atoms with Gasteiger partial charge < -0.3 is 9.42 Å². The SMILES string of the molecule is CCCCC1=NC2(CCCC2)C(=O)N1Cc1ccc(-c2ccccc2S(=O)(=O)Nc2noc(C)c2C)c(CN(C)C(=O)C(C)(C)C)c1. The van der Waals surface area contributed by atoms with Gasteiger partial charge >= 0.3 is 0 Å².